The van der Waals surface area contributed by atoms with Crippen LogP contribution < -0.4 is 5.73 Å². The normalized spacial score (nSPS) is 12.6. The first-order chi connectivity index (χ1) is 7.74. The highest BCUT2D eigenvalue weighted by Gasteiger charge is 2.07. The molecule has 1 atom stereocenters. The van der Waals surface area contributed by atoms with E-state index in [4.69, 9.17) is 5.73 Å². The first kappa shape index (κ1) is 11.8. The van der Waals surface area contributed by atoms with Crippen LogP contribution in [-0.2, 0) is 12.8 Å². The lowest BCUT2D eigenvalue weighted by Crippen LogP contribution is -2.25. The largest absolute Gasteiger partial charge is 0.327 e. The van der Waals surface area contributed by atoms with Crippen LogP contribution in [0.3, 0.4) is 0 Å². The van der Waals surface area contributed by atoms with Gasteiger partial charge in [0.2, 0.25) is 0 Å². The molecule has 2 heterocycles. The third-order valence-electron chi connectivity index (χ3n) is 2.33. The standard InChI is InChI=1S/C12H13BrN2S/c13-10-6-12(16-8-10)7-11(14)5-9-1-3-15-4-2-9/h1-4,6,8,11H,5,7,14H2. The molecule has 0 fully saturated rings. The van der Waals surface area contributed by atoms with E-state index in [1.165, 1.54) is 10.4 Å². The minimum absolute atomic E-state index is 0.174. The number of nitrogens with two attached hydrogens (primary N) is 1. The predicted octanol–water partition coefficient (Wildman–Crippen LogP) is 3.02. The number of halogens is 1. The molecule has 0 saturated heterocycles. The number of pyridine rings is 1. The van der Waals surface area contributed by atoms with Gasteiger partial charge in [0.15, 0.2) is 0 Å². The fourth-order valence-corrected chi connectivity index (χ4v) is 3.16. The average molecular weight is 297 g/mol. The summed E-state index contributed by atoms with van der Waals surface area (Å²) in [4.78, 5) is 5.32. The number of nitrogens with zero attached hydrogens (tertiary/aromatic N) is 1. The summed E-state index contributed by atoms with van der Waals surface area (Å²) in [5, 5.41) is 2.09. The highest BCUT2D eigenvalue weighted by Crippen LogP contribution is 2.21. The Morgan fingerprint density at radius 1 is 1.31 bits per heavy atom. The van der Waals surface area contributed by atoms with Gasteiger partial charge in [-0.15, -0.1) is 11.3 Å². The predicted molar refractivity (Wildman–Crippen MR) is 71.6 cm³/mol. The van der Waals surface area contributed by atoms with E-state index in [9.17, 15) is 0 Å². The molecule has 0 amide bonds. The van der Waals surface area contributed by atoms with Gasteiger partial charge in [-0.05, 0) is 52.5 Å². The van der Waals surface area contributed by atoms with E-state index in [0.29, 0.717) is 0 Å². The average Bonchev–Trinajstić information content (AvgIpc) is 2.65. The molecule has 2 nitrogen and oxygen atoms in total. The lowest BCUT2D eigenvalue weighted by atomic mass is 10.0. The highest BCUT2D eigenvalue weighted by atomic mass is 79.9. The van der Waals surface area contributed by atoms with Crippen LogP contribution in [0.4, 0.5) is 0 Å². The molecular weight excluding hydrogens is 284 g/mol. The van der Waals surface area contributed by atoms with Crippen LogP contribution in [0.5, 0.6) is 0 Å². The molecule has 0 aliphatic rings. The van der Waals surface area contributed by atoms with Crippen molar-refractivity contribution in [2.45, 2.75) is 18.9 Å². The fraction of sp³-hybridized carbons (Fsp3) is 0.250. The molecule has 0 radical (unpaired) electrons. The van der Waals surface area contributed by atoms with Crippen molar-refractivity contribution < 1.29 is 0 Å². The molecule has 0 bridgehead atoms. The minimum Gasteiger partial charge on any atom is -0.327 e. The lowest BCUT2D eigenvalue weighted by Gasteiger charge is -2.09. The molecular formula is C12H13BrN2S. The molecule has 0 spiro atoms. The maximum atomic E-state index is 6.12. The zero-order chi connectivity index (χ0) is 11.4. The molecule has 1 unspecified atom stereocenters. The molecule has 2 rings (SSSR count). The highest BCUT2D eigenvalue weighted by molar-refractivity contribution is 9.10. The molecule has 4 heteroatoms. The zero-order valence-electron chi connectivity index (χ0n) is 8.77. The Balaban J connectivity index is 1.92. The summed E-state index contributed by atoms with van der Waals surface area (Å²) in [5.74, 6) is 0. The number of hydrogen-bond donors (Lipinski definition) is 1. The van der Waals surface area contributed by atoms with Crippen LogP contribution in [0, 0.1) is 0 Å². The van der Waals surface area contributed by atoms with Gasteiger partial charge in [0, 0.05) is 33.2 Å². The SMILES string of the molecule is NC(Cc1ccncc1)Cc1cc(Br)cs1. The first-order valence-electron chi connectivity index (χ1n) is 5.11. The number of thiophene rings is 1. The monoisotopic (exact) mass is 296 g/mol. The smallest absolute Gasteiger partial charge is 0.0285 e. The molecule has 2 aromatic heterocycles. The zero-order valence-corrected chi connectivity index (χ0v) is 11.2. The van der Waals surface area contributed by atoms with Gasteiger partial charge in [-0.1, -0.05) is 0 Å². The van der Waals surface area contributed by atoms with Crippen LogP contribution in [0.2, 0.25) is 0 Å². The Hall–Kier alpha value is -0.710. The van der Waals surface area contributed by atoms with E-state index in [1.54, 1.807) is 11.3 Å². The molecule has 2 aromatic rings. The second-order valence-electron chi connectivity index (χ2n) is 3.76. The van der Waals surface area contributed by atoms with Crippen LogP contribution in [0.25, 0.3) is 0 Å². The number of rotatable bonds is 4. The van der Waals surface area contributed by atoms with Gasteiger partial charge in [-0.2, -0.15) is 0 Å². The van der Waals surface area contributed by atoms with Gasteiger partial charge in [-0.25, -0.2) is 0 Å². The second-order valence-corrected chi connectivity index (χ2v) is 5.67. The lowest BCUT2D eigenvalue weighted by molar-refractivity contribution is 0.670. The molecule has 84 valence electrons. The molecule has 0 saturated carbocycles. The first-order valence-corrected chi connectivity index (χ1v) is 6.78. The van der Waals surface area contributed by atoms with Crippen molar-refractivity contribution in [1.82, 2.24) is 4.98 Å². The Morgan fingerprint density at radius 2 is 2.06 bits per heavy atom. The van der Waals surface area contributed by atoms with Crippen LogP contribution in [0.1, 0.15) is 10.4 Å². The van der Waals surface area contributed by atoms with Gasteiger partial charge in [-0.3, -0.25) is 4.98 Å². The Labute approximate surface area is 108 Å². The summed E-state index contributed by atoms with van der Waals surface area (Å²) in [6, 6.07) is 6.35. The van der Waals surface area contributed by atoms with Crippen molar-refractivity contribution in [3.8, 4) is 0 Å². The van der Waals surface area contributed by atoms with Crippen molar-refractivity contribution in [1.29, 1.82) is 0 Å². The van der Waals surface area contributed by atoms with Crippen LogP contribution in [-0.4, -0.2) is 11.0 Å². The van der Waals surface area contributed by atoms with Crippen molar-refractivity contribution in [3.05, 3.63) is 50.9 Å². The number of aromatic nitrogens is 1. The molecule has 2 N–H and O–H groups in total. The van der Waals surface area contributed by atoms with Crippen LogP contribution in [0.15, 0.2) is 40.4 Å². The van der Waals surface area contributed by atoms with Gasteiger partial charge < -0.3 is 5.73 Å². The Kier molecular flexibility index (Phi) is 4.09. The van der Waals surface area contributed by atoms with E-state index >= 15 is 0 Å². The summed E-state index contributed by atoms with van der Waals surface area (Å²) in [6.45, 7) is 0. The van der Waals surface area contributed by atoms with E-state index < -0.39 is 0 Å². The summed E-state index contributed by atoms with van der Waals surface area (Å²) >= 11 is 5.20. The Morgan fingerprint density at radius 3 is 2.69 bits per heavy atom. The van der Waals surface area contributed by atoms with E-state index in [0.717, 1.165) is 17.3 Å². The summed E-state index contributed by atoms with van der Waals surface area (Å²) < 4.78 is 1.14. The summed E-state index contributed by atoms with van der Waals surface area (Å²) in [7, 11) is 0. The molecule has 0 aromatic carbocycles. The van der Waals surface area contributed by atoms with Gasteiger partial charge in [0.05, 0.1) is 0 Å². The van der Waals surface area contributed by atoms with E-state index in [2.05, 4.69) is 32.4 Å². The second kappa shape index (κ2) is 5.57. The van der Waals surface area contributed by atoms with Crippen molar-refractivity contribution in [2.75, 3.05) is 0 Å². The van der Waals surface area contributed by atoms with Crippen molar-refractivity contribution in [3.63, 3.8) is 0 Å². The topological polar surface area (TPSA) is 38.9 Å². The minimum atomic E-state index is 0.174. The third kappa shape index (κ3) is 3.40. The van der Waals surface area contributed by atoms with Crippen molar-refractivity contribution in [2.24, 2.45) is 5.73 Å². The third-order valence-corrected chi connectivity index (χ3v) is 4.05. The fourth-order valence-electron chi connectivity index (χ4n) is 1.61. The van der Waals surface area contributed by atoms with Gasteiger partial charge >= 0.3 is 0 Å². The van der Waals surface area contributed by atoms with Crippen LogP contribution >= 0.6 is 27.3 Å². The van der Waals surface area contributed by atoms with E-state index in [1.807, 2.05) is 24.5 Å². The van der Waals surface area contributed by atoms with Gasteiger partial charge in [0.25, 0.3) is 0 Å². The molecule has 0 aliphatic heterocycles. The molecule has 0 aliphatic carbocycles. The summed E-state index contributed by atoms with van der Waals surface area (Å²) in [5.41, 5.74) is 7.37. The quantitative estimate of drug-likeness (QED) is 0.942. The maximum absolute atomic E-state index is 6.12. The van der Waals surface area contributed by atoms with Gasteiger partial charge in [0.1, 0.15) is 0 Å². The molecule has 16 heavy (non-hydrogen) atoms. The summed E-state index contributed by atoms with van der Waals surface area (Å²) in [6.07, 6.45) is 5.45. The van der Waals surface area contributed by atoms with Crippen molar-refractivity contribution >= 4 is 27.3 Å². The maximum Gasteiger partial charge on any atom is 0.0285 e. The number of hydrogen-bond acceptors (Lipinski definition) is 3. The van der Waals surface area contributed by atoms with E-state index in [-0.39, 0.29) is 6.04 Å². The Bertz CT molecular complexity index is 441.